The van der Waals surface area contributed by atoms with E-state index in [2.05, 4.69) is 13.5 Å². The molecule has 8 rings (SSSR count). The number of aliphatic hydroxyl groups excluding tert-OH is 13. The van der Waals surface area contributed by atoms with E-state index < -0.39 is 159 Å². The van der Waals surface area contributed by atoms with Crippen LogP contribution in [0, 0.1) is 34.0 Å². The molecular weight excluding hydrogens is 876 g/mol. The number of aliphatic hydroxyl groups is 13. The maximum Gasteiger partial charge on any atom is 0.314 e. The summed E-state index contributed by atoms with van der Waals surface area (Å²) >= 11 is 0. The Hall–Kier alpha value is -1.55. The summed E-state index contributed by atoms with van der Waals surface area (Å²) in [6.07, 6.45) is -24.4. The van der Waals surface area contributed by atoms with Crippen LogP contribution in [0.3, 0.4) is 0 Å². The molecule has 22 unspecified atom stereocenters. The molecule has 3 heterocycles. The number of fused-ring (bicyclic) bond motifs is 3. The van der Waals surface area contributed by atoms with E-state index in [9.17, 15) is 71.2 Å². The predicted molar refractivity (Wildman–Crippen MR) is 221 cm³/mol. The van der Waals surface area contributed by atoms with Gasteiger partial charge in [-0.3, -0.25) is 4.79 Å². The van der Waals surface area contributed by atoms with Gasteiger partial charge in [-0.1, -0.05) is 26.8 Å². The van der Waals surface area contributed by atoms with Crippen molar-refractivity contribution in [3.05, 3.63) is 12.2 Å². The van der Waals surface area contributed by atoms with Crippen LogP contribution in [-0.4, -0.2) is 214 Å². The Labute approximate surface area is 382 Å². The molecule has 0 aromatic heterocycles. The fourth-order valence-corrected chi connectivity index (χ4v) is 13.9. The molecule has 5 aliphatic carbocycles. The van der Waals surface area contributed by atoms with Crippen LogP contribution in [0.4, 0.5) is 0 Å². The Balaban J connectivity index is 1.06. The lowest BCUT2D eigenvalue weighted by molar-refractivity contribution is -0.381. The summed E-state index contributed by atoms with van der Waals surface area (Å²) in [7, 11) is 0. The summed E-state index contributed by atoms with van der Waals surface area (Å²) in [6, 6.07) is 0. The van der Waals surface area contributed by atoms with Crippen LogP contribution < -0.4 is 0 Å². The number of hydrogen-bond donors (Lipinski definition) is 13. The molecule has 3 saturated heterocycles. The summed E-state index contributed by atoms with van der Waals surface area (Å²) in [4.78, 5) is 14.3. The van der Waals surface area contributed by atoms with Crippen molar-refractivity contribution in [2.75, 3.05) is 19.8 Å². The predicted octanol–water partition coefficient (Wildman–Crippen LogP) is -3.42. The van der Waals surface area contributed by atoms with Crippen molar-refractivity contribution in [1.29, 1.82) is 0 Å². The molecule has 26 atom stereocenters. The zero-order valence-electron chi connectivity index (χ0n) is 37.7. The molecule has 0 radical (unpaired) electrons. The Bertz CT molecular complexity index is 1740. The van der Waals surface area contributed by atoms with Crippen LogP contribution in [0.15, 0.2) is 12.2 Å². The van der Waals surface area contributed by atoms with Crippen LogP contribution in [0.2, 0.25) is 0 Å². The van der Waals surface area contributed by atoms with Gasteiger partial charge in [0.15, 0.2) is 12.6 Å². The van der Waals surface area contributed by atoms with Crippen molar-refractivity contribution in [3.63, 3.8) is 0 Å². The summed E-state index contributed by atoms with van der Waals surface area (Å²) in [6.45, 7) is 8.10. The molecule has 0 aromatic rings. The van der Waals surface area contributed by atoms with E-state index >= 15 is 0 Å². The minimum atomic E-state index is -1.89. The first-order chi connectivity index (χ1) is 31.1. The molecule has 21 nitrogen and oxygen atoms in total. The van der Waals surface area contributed by atoms with Gasteiger partial charge in [0, 0.05) is 0 Å². The van der Waals surface area contributed by atoms with E-state index in [1.807, 2.05) is 6.92 Å². The first-order valence-electron chi connectivity index (χ1n) is 23.6. The van der Waals surface area contributed by atoms with Gasteiger partial charge in [0.05, 0.1) is 43.0 Å². The Kier molecular flexibility index (Phi) is 14.5. The van der Waals surface area contributed by atoms with Crippen molar-refractivity contribution in [3.8, 4) is 0 Å². The molecule has 0 aromatic carbocycles. The Morgan fingerprint density at radius 3 is 1.83 bits per heavy atom. The van der Waals surface area contributed by atoms with E-state index in [4.69, 9.17) is 33.2 Å². The number of rotatable bonds is 11. The number of esters is 1. The molecule has 0 amide bonds. The second-order valence-electron chi connectivity index (χ2n) is 21.3. The van der Waals surface area contributed by atoms with Gasteiger partial charge in [-0.2, -0.15) is 0 Å². The van der Waals surface area contributed by atoms with Crippen molar-refractivity contribution in [1.82, 2.24) is 0 Å². The zero-order valence-corrected chi connectivity index (χ0v) is 37.7. The van der Waals surface area contributed by atoms with Gasteiger partial charge in [0.25, 0.3) is 0 Å². The highest BCUT2D eigenvalue weighted by molar-refractivity contribution is 5.77. The van der Waals surface area contributed by atoms with Crippen LogP contribution in [0.1, 0.15) is 85.0 Å². The average molecular weight is 949 g/mol. The third kappa shape index (κ3) is 8.31. The molecule has 8 fully saturated rings. The third-order valence-corrected chi connectivity index (χ3v) is 17.5. The highest BCUT2D eigenvalue weighted by atomic mass is 16.8. The second kappa shape index (κ2) is 18.9. The number of carbonyl (C=O) groups is 1. The highest BCUT2D eigenvalue weighted by Crippen LogP contribution is 2.74. The van der Waals surface area contributed by atoms with Gasteiger partial charge in [0.2, 0.25) is 6.29 Å². The monoisotopic (exact) mass is 948 g/mol. The minimum Gasteiger partial charge on any atom is -0.432 e. The first-order valence-corrected chi connectivity index (χ1v) is 23.6. The first kappa shape index (κ1) is 50.8. The number of ether oxygens (including phenoxy) is 7. The fraction of sp³-hybridized carbons (Fsp3) is 0.933. The number of carbonyl (C=O) groups excluding carboxylic acids is 1. The van der Waals surface area contributed by atoms with E-state index in [1.54, 1.807) is 6.92 Å². The smallest absolute Gasteiger partial charge is 0.314 e. The van der Waals surface area contributed by atoms with Gasteiger partial charge < -0.3 is 99.5 Å². The van der Waals surface area contributed by atoms with Crippen LogP contribution in [0.25, 0.3) is 0 Å². The van der Waals surface area contributed by atoms with Gasteiger partial charge in [0.1, 0.15) is 85.5 Å². The van der Waals surface area contributed by atoms with Crippen molar-refractivity contribution >= 4 is 5.97 Å². The lowest BCUT2D eigenvalue weighted by Crippen LogP contribution is -2.67. The van der Waals surface area contributed by atoms with E-state index in [1.165, 1.54) is 0 Å². The molecule has 5 saturated carbocycles. The maximum atomic E-state index is 14.3. The molecule has 378 valence electrons. The SMILES string of the molecule is C=C1C[C@@]23CCC4[C@](C)(C(=O)OC5OC(CO)C(O)C(O)C5O)CCC[C@@]4(C)[C@@H]2CCC1(OC1OC(CO)C(O)C(OC2OC(CO)C(O)C(O)C2O)C1OC1CC(C)C(O)C(O)C1O)C3. The molecule has 8 aliphatic rings. The van der Waals surface area contributed by atoms with Gasteiger partial charge >= 0.3 is 5.97 Å². The minimum absolute atomic E-state index is 0.0340. The van der Waals surface area contributed by atoms with Crippen molar-refractivity contribution < 1.29 is 104 Å². The summed E-state index contributed by atoms with van der Waals surface area (Å²) in [5, 5.41) is 138. The maximum absolute atomic E-state index is 14.3. The molecule has 21 heteroatoms. The summed E-state index contributed by atoms with van der Waals surface area (Å²) < 4.78 is 43.1. The largest absolute Gasteiger partial charge is 0.432 e. The van der Waals surface area contributed by atoms with Crippen LogP contribution in [0.5, 0.6) is 0 Å². The molecule has 3 aliphatic heterocycles. The van der Waals surface area contributed by atoms with Gasteiger partial charge in [-0.15, -0.1) is 0 Å². The molecule has 66 heavy (non-hydrogen) atoms. The van der Waals surface area contributed by atoms with Crippen molar-refractivity contribution in [2.24, 2.45) is 34.0 Å². The Morgan fingerprint density at radius 1 is 0.636 bits per heavy atom. The normalized spacial score (nSPS) is 55.2. The number of hydrogen-bond acceptors (Lipinski definition) is 21. The molecule has 1 spiro atoms. The quantitative estimate of drug-likeness (QED) is 0.0545. The molecular formula is C45H72O21. The van der Waals surface area contributed by atoms with Gasteiger partial charge in [-0.25, -0.2) is 0 Å². The zero-order chi connectivity index (χ0) is 48.0. The molecule has 2 bridgehead atoms. The highest BCUT2D eigenvalue weighted by Gasteiger charge is 2.69. The second-order valence-corrected chi connectivity index (χ2v) is 21.3. The fourth-order valence-electron chi connectivity index (χ4n) is 13.9. The van der Waals surface area contributed by atoms with Crippen LogP contribution in [-0.2, 0) is 38.0 Å². The van der Waals surface area contributed by atoms with Gasteiger partial charge in [-0.05, 0) is 98.9 Å². The van der Waals surface area contributed by atoms with E-state index in [0.717, 1.165) is 12.0 Å². The summed E-state index contributed by atoms with van der Waals surface area (Å²) in [5.41, 5.74) is -2.06. The van der Waals surface area contributed by atoms with Crippen LogP contribution >= 0.6 is 0 Å². The standard InChI is InChI=1S/C45H72O21/c1-18-12-20(27(50)31(54)26(18)49)60-37-36(64-38-34(57)32(55)28(51)21(14-46)61-38)30(53)23(16-48)63-40(37)66-45-11-7-25-42(3)8-5-9-43(4,24(42)6-10-44(25,17-45)13-19(45)2)41(59)65-39-35(58)33(56)29(52)22(15-47)62-39/h18,20-40,46-58H,2,5-17H2,1,3-4H3/t18?,20?,21?,22?,23?,24?,25-,26?,27?,28?,29?,30?,31?,32?,33?,34?,35?,36?,37?,38?,39?,40?,42+,43+,44+,45?/m0/s1. The van der Waals surface area contributed by atoms with E-state index in [-0.39, 0.29) is 29.1 Å². The lowest BCUT2D eigenvalue weighted by atomic mass is 9.41. The topological polar surface area (TPSA) is 345 Å². The Morgan fingerprint density at radius 2 is 1.20 bits per heavy atom. The van der Waals surface area contributed by atoms with E-state index in [0.29, 0.717) is 51.4 Å². The van der Waals surface area contributed by atoms with Crippen molar-refractivity contribution in [2.45, 2.75) is 207 Å². The molecule has 13 N–H and O–H groups in total. The summed E-state index contributed by atoms with van der Waals surface area (Å²) in [5.74, 6) is -1.27. The average Bonchev–Trinajstić information content (AvgIpc) is 3.48. The lowest BCUT2D eigenvalue weighted by Gasteiger charge is -2.64. The third-order valence-electron chi connectivity index (χ3n) is 17.5.